The maximum absolute atomic E-state index is 13.7. The lowest BCUT2D eigenvalue weighted by molar-refractivity contribution is -0.127. The zero-order chi connectivity index (χ0) is 22.3. The summed E-state index contributed by atoms with van der Waals surface area (Å²) < 4.78 is 0. The summed E-state index contributed by atoms with van der Waals surface area (Å²) in [7, 11) is 0. The molecule has 4 rings (SSSR count). The first-order valence-electron chi connectivity index (χ1n) is 11.2. The maximum atomic E-state index is 13.7. The van der Waals surface area contributed by atoms with Crippen molar-refractivity contribution >= 4 is 28.8 Å². The number of carbonyl (C=O) groups excluding carboxylic acids is 2. The smallest absolute Gasteiger partial charge is 0.248 e. The number of nitrogens with zero attached hydrogens (tertiary/aromatic N) is 2. The van der Waals surface area contributed by atoms with Crippen LogP contribution in [-0.2, 0) is 16.0 Å². The van der Waals surface area contributed by atoms with Gasteiger partial charge in [-0.1, -0.05) is 43.5 Å². The lowest BCUT2D eigenvalue weighted by Gasteiger charge is -2.34. The predicted molar refractivity (Wildman–Crippen MR) is 129 cm³/mol. The highest BCUT2D eigenvalue weighted by Crippen LogP contribution is 2.32. The molecule has 1 aromatic carbocycles. The molecule has 166 valence electrons. The van der Waals surface area contributed by atoms with Gasteiger partial charge in [-0.15, -0.1) is 11.3 Å². The van der Waals surface area contributed by atoms with E-state index in [-0.39, 0.29) is 24.3 Å². The molecule has 1 atom stereocenters. The average Bonchev–Trinajstić information content (AvgIpc) is 3.32. The first-order chi connectivity index (χ1) is 15.6. The average molecular weight is 448 g/mol. The minimum absolute atomic E-state index is 0.0950. The van der Waals surface area contributed by atoms with E-state index in [4.69, 9.17) is 0 Å². The van der Waals surface area contributed by atoms with Crippen molar-refractivity contribution in [2.75, 3.05) is 4.90 Å². The van der Waals surface area contributed by atoms with Crippen molar-refractivity contribution in [3.05, 3.63) is 82.3 Å². The van der Waals surface area contributed by atoms with Gasteiger partial charge in [-0.2, -0.15) is 0 Å². The van der Waals surface area contributed by atoms with Crippen LogP contribution in [0.3, 0.4) is 0 Å². The van der Waals surface area contributed by atoms with Crippen LogP contribution in [0, 0.1) is 6.92 Å². The summed E-state index contributed by atoms with van der Waals surface area (Å²) in [6, 6.07) is 14.7. The maximum Gasteiger partial charge on any atom is 0.248 e. The Balaban J connectivity index is 1.74. The van der Waals surface area contributed by atoms with Gasteiger partial charge in [0.1, 0.15) is 6.04 Å². The Kier molecular flexibility index (Phi) is 7.32. The number of aromatic nitrogens is 1. The fourth-order valence-electron chi connectivity index (χ4n) is 4.39. The Bertz CT molecular complexity index is 1030. The highest BCUT2D eigenvalue weighted by Gasteiger charge is 2.34. The standard InChI is InChI=1S/C26H29N3O2S/c1-19-8-5-6-12-23(19)29(24(30)18-22-11-7-17-32-22)25(20-13-15-27-16-14-20)26(31)28-21-9-3-2-4-10-21/h5-8,11-17,21,25H,2-4,9-10,18H2,1H3,(H,28,31). The molecule has 0 bridgehead atoms. The molecule has 5 nitrogen and oxygen atoms in total. The van der Waals surface area contributed by atoms with E-state index >= 15 is 0 Å². The van der Waals surface area contributed by atoms with Gasteiger partial charge in [0, 0.05) is 29.0 Å². The van der Waals surface area contributed by atoms with Gasteiger partial charge in [-0.25, -0.2) is 0 Å². The molecule has 0 aliphatic heterocycles. The Hall–Kier alpha value is -2.99. The number of hydrogen-bond donors (Lipinski definition) is 1. The van der Waals surface area contributed by atoms with Crippen LogP contribution >= 0.6 is 11.3 Å². The first-order valence-corrected chi connectivity index (χ1v) is 12.1. The quantitative estimate of drug-likeness (QED) is 0.540. The molecule has 2 aromatic heterocycles. The molecule has 1 saturated carbocycles. The Morgan fingerprint density at radius 2 is 1.81 bits per heavy atom. The van der Waals surface area contributed by atoms with E-state index in [1.54, 1.807) is 28.6 Å². The summed E-state index contributed by atoms with van der Waals surface area (Å²) >= 11 is 1.55. The molecule has 6 heteroatoms. The zero-order valence-corrected chi connectivity index (χ0v) is 19.2. The van der Waals surface area contributed by atoms with Crippen molar-refractivity contribution in [3.8, 4) is 0 Å². The van der Waals surface area contributed by atoms with Crippen molar-refractivity contribution in [1.29, 1.82) is 0 Å². The van der Waals surface area contributed by atoms with Crippen LogP contribution in [0.15, 0.2) is 66.3 Å². The van der Waals surface area contributed by atoms with Crippen LogP contribution in [0.2, 0.25) is 0 Å². The van der Waals surface area contributed by atoms with Gasteiger partial charge in [0.25, 0.3) is 0 Å². The number of hydrogen-bond acceptors (Lipinski definition) is 4. The van der Waals surface area contributed by atoms with Crippen molar-refractivity contribution in [2.24, 2.45) is 0 Å². The molecule has 0 radical (unpaired) electrons. The van der Waals surface area contributed by atoms with Gasteiger partial charge in [-0.3, -0.25) is 19.5 Å². The van der Waals surface area contributed by atoms with Gasteiger partial charge in [-0.05, 0) is 60.5 Å². The second-order valence-corrected chi connectivity index (χ2v) is 9.37. The number of amides is 2. The van der Waals surface area contributed by atoms with E-state index in [2.05, 4.69) is 10.3 Å². The minimum atomic E-state index is -0.756. The third-order valence-electron chi connectivity index (χ3n) is 6.03. The van der Waals surface area contributed by atoms with Gasteiger partial charge < -0.3 is 5.32 Å². The number of pyridine rings is 1. The third kappa shape index (κ3) is 5.25. The van der Waals surface area contributed by atoms with Crippen molar-refractivity contribution < 1.29 is 9.59 Å². The Morgan fingerprint density at radius 3 is 2.50 bits per heavy atom. The number of anilines is 1. The number of thiophene rings is 1. The molecule has 1 unspecified atom stereocenters. The summed E-state index contributed by atoms with van der Waals surface area (Å²) in [5, 5.41) is 5.22. The molecule has 2 amide bonds. The predicted octanol–water partition coefficient (Wildman–Crippen LogP) is 5.22. The van der Waals surface area contributed by atoms with Crippen LogP contribution < -0.4 is 10.2 Å². The van der Waals surface area contributed by atoms with E-state index in [1.807, 2.05) is 60.8 Å². The molecular formula is C26H29N3O2S. The highest BCUT2D eigenvalue weighted by atomic mass is 32.1. The van der Waals surface area contributed by atoms with Crippen LogP contribution in [-0.4, -0.2) is 22.8 Å². The van der Waals surface area contributed by atoms with Gasteiger partial charge in [0.05, 0.1) is 6.42 Å². The van der Waals surface area contributed by atoms with Crippen LogP contribution in [0.1, 0.15) is 54.1 Å². The molecule has 0 spiro atoms. The van der Waals surface area contributed by atoms with Crippen LogP contribution in [0.5, 0.6) is 0 Å². The summed E-state index contributed by atoms with van der Waals surface area (Å²) in [5.41, 5.74) is 2.47. The molecule has 0 saturated heterocycles. The van der Waals surface area contributed by atoms with Crippen molar-refractivity contribution in [1.82, 2.24) is 10.3 Å². The summed E-state index contributed by atoms with van der Waals surface area (Å²) in [4.78, 5) is 34.2. The SMILES string of the molecule is Cc1ccccc1N(C(=O)Cc1cccs1)C(C(=O)NC1CCCCC1)c1ccncc1. The number of carbonyl (C=O) groups is 2. The number of rotatable bonds is 7. The largest absolute Gasteiger partial charge is 0.351 e. The monoisotopic (exact) mass is 447 g/mol. The summed E-state index contributed by atoms with van der Waals surface area (Å²) in [6.07, 6.45) is 9.06. The van der Waals surface area contributed by atoms with E-state index < -0.39 is 6.04 Å². The molecular weight excluding hydrogens is 418 g/mol. The highest BCUT2D eigenvalue weighted by molar-refractivity contribution is 7.10. The fourth-order valence-corrected chi connectivity index (χ4v) is 5.08. The van der Waals surface area contributed by atoms with Crippen molar-refractivity contribution in [2.45, 2.75) is 57.5 Å². The lowest BCUT2D eigenvalue weighted by Crippen LogP contribution is -2.48. The second-order valence-electron chi connectivity index (χ2n) is 8.33. The van der Waals surface area contributed by atoms with E-state index in [0.717, 1.165) is 47.4 Å². The summed E-state index contributed by atoms with van der Waals surface area (Å²) in [5.74, 6) is -0.228. The zero-order valence-electron chi connectivity index (χ0n) is 18.4. The number of benzene rings is 1. The third-order valence-corrected chi connectivity index (χ3v) is 6.91. The molecule has 2 heterocycles. The van der Waals surface area contributed by atoms with E-state index in [0.29, 0.717) is 0 Å². The van der Waals surface area contributed by atoms with E-state index in [9.17, 15) is 9.59 Å². The van der Waals surface area contributed by atoms with Gasteiger partial charge in [0.2, 0.25) is 11.8 Å². The molecule has 1 N–H and O–H groups in total. The Morgan fingerprint density at radius 1 is 1.06 bits per heavy atom. The number of nitrogens with one attached hydrogen (secondary N) is 1. The van der Waals surface area contributed by atoms with Crippen LogP contribution in [0.25, 0.3) is 0 Å². The minimum Gasteiger partial charge on any atom is -0.351 e. The Labute approximate surface area is 193 Å². The van der Waals surface area contributed by atoms with Crippen molar-refractivity contribution in [3.63, 3.8) is 0 Å². The van der Waals surface area contributed by atoms with Crippen LogP contribution in [0.4, 0.5) is 5.69 Å². The first kappa shape index (κ1) is 22.2. The lowest BCUT2D eigenvalue weighted by atomic mass is 9.94. The molecule has 1 fully saturated rings. The molecule has 32 heavy (non-hydrogen) atoms. The number of aryl methyl sites for hydroxylation is 1. The molecule has 1 aliphatic rings. The molecule has 1 aliphatic carbocycles. The van der Waals surface area contributed by atoms with Gasteiger partial charge >= 0.3 is 0 Å². The van der Waals surface area contributed by atoms with E-state index in [1.165, 1.54) is 6.42 Å². The second kappa shape index (κ2) is 10.6. The fraction of sp³-hybridized carbons (Fsp3) is 0.346. The number of para-hydroxylation sites is 1. The normalized spacial score (nSPS) is 15.2. The summed E-state index contributed by atoms with van der Waals surface area (Å²) in [6.45, 7) is 1.98. The van der Waals surface area contributed by atoms with Gasteiger partial charge in [0.15, 0.2) is 0 Å². The topological polar surface area (TPSA) is 62.3 Å². The molecule has 3 aromatic rings.